The number of para-hydroxylation sites is 1. The number of carbonyl (C=O) groups excluding carboxylic acids is 2. The van der Waals surface area contributed by atoms with E-state index in [-0.39, 0.29) is 52.9 Å². The van der Waals surface area contributed by atoms with Gasteiger partial charge in [-0.3, -0.25) is 9.59 Å². The van der Waals surface area contributed by atoms with Gasteiger partial charge in [-0.15, -0.1) is 5.10 Å². The maximum absolute atomic E-state index is 13.5. The van der Waals surface area contributed by atoms with E-state index < -0.39 is 0 Å². The first-order chi connectivity index (χ1) is 19.6. The maximum atomic E-state index is 13.5. The zero-order valence-corrected chi connectivity index (χ0v) is 27.8. The summed E-state index contributed by atoms with van der Waals surface area (Å²) < 4.78 is 13.7. The van der Waals surface area contributed by atoms with Crippen molar-refractivity contribution in [2.24, 2.45) is 34.5 Å². The molecule has 42 heavy (non-hydrogen) atoms. The summed E-state index contributed by atoms with van der Waals surface area (Å²) in [6.07, 6.45) is 6.24. The quantitative estimate of drug-likeness (QED) is 0.196. The topological polar surface area (TPSA) is 83.3 Å². The molecular weight excluding hydrogens is 526 g/mol. The zero-order valence-electron chi connectivity index (χ0n) is 27.8. The molecule has 1 saturated carbocycles. The largest absolute Gasteiger partial charge is 0.493 e. The molecule has 2 unspecified atom stereocenters. The third-order valence-corrected chi connectivity index (χ3v) is 8.68. The van der Waals surface area contributed by atoms with E-state index in [1.807, 2.05) is 24.3 Å². The van der Waals surface area contributed by atoms with Crippen LogP contribution >= 0.6 is 0 Å². The van der Waals surface area contributed by atoms with Gasteiger partial charge in [0.25, 0.3) is 0 Å². The predicted molar refractivity (Wildman–Crippen MR) is 168 cm³/mol. The van der Waals surface area contributed by atoms with E-state index in [4.69, 9.17) is 9.47 Å². The number of rotatable bonds is 11. The number of esters is 1. The Kier molecular flexibility index (Phi) is 11.4. The lowest BCUT2D eigenvalue weighted by Crippen LogP contribution is -2.49. The van der Waals surface area contributed by atoms with Gasteiger partial charge in [0.1, 0.15) is 24.1 Å². The number of ether oxygens (including phenoxy) is 2. The molecule has 1 aromatic carbocycles. The number of unbranched alkanes of at least 4 members (excludes halogenated alkanes) is 2. The van der Waals surface area contributed by atoms with Crippen molar-refractivity contribution in [2.75, 3.05) is 6.61 Å². The summed E-state index contributed by atoms with van der Waals surface area (Å²) >= 11 is 0. The first kappa shape index (κ1) is 33.8. The smallest absolute Gasteiger partial charge is 0.313 e. The van der Waals surface area contributed by atoms with Crippen LogP contribution in [0.2, 0.25) is 0 Å². The number of carbonyl (C=O) groups is 2. The average Bonchev–Trinajstić information content (AvgIpc) is 3.29. The fraction of sp³-hybridized carbons (Fsp3) is 0.714. The normalized spacial score (nSPS) is 21.4. The molecule has 7 nitrogen and oxygen atoms in total. The number of hydrogen-bond acceptors (Lipinski definition) is 6. The molecule has 234 valence electrons. The highest BCUT2D eigenvalue weighted by Gasteiger charge is 2.48. The molecule has 1 fully saturated rings. The van der Waals surface area contributed by atoms with Gasteiger partial charge in [0, 0.05) is 18.8 Å². The molecule has 2 atom stereocenters. The first-order valence-electron chi connectivity index (χ1n) is 16.0. The van der Waals surface area contributed by atoms with Crippen LogP contribution in [0.15, 0.2) is 24.3 Å². The Morgan fingerprint density at radius 2 is 1.60 bits per heavy atom. The van der Waals surface area contributed by atoms with Crippen molar-refractivity contribution in [3.8, 4) is 17.1 Å². The second kappa shape index (κ2) is 14.2. The van der Waals surface area contributed by atoms with Crippen LogP contribution in [0.3, 0.4) is 0 Å². The first-order valence-corrected chi connectivity index (χ1v) is 16.0. The molecule has 1 heterocycles. The minimum absolute atomic E-state index is 0.00611. The predicted octanol–water partition coefficient (Wildman–Crippen LogP) is 8.41. The summed E-state index contributed by atoms with van der Waals surface area (Å²) in [4.78, 5) is 30.8. The second-order valence-electron chi connectivity index (χ2n) is 15.0. The van der Waals surface area contributed by atoms with E-state index in [9.17, 15) is 9.59 Å². The van der Waals surface area contributed by atoms with Crippen molar-refractivity contribution in [1.82, 2.24) is 14.8 Å². The summed E-state index contributed by atoms with van der Waals surface area (Å²) in [6, 6.07) is 7.60. The highest BCUT2D eigenvalue weighted by atomic mass is 16.5. The SMILES string of the molecule is CC(=O)n1nc(-c2ccccc2OCCCCCC(C)C)nc1CC(=O)OC1C(C(C)(C)C)CC(C)CC1C(C)(C)C. The molecule has 1 aliphatic rings. The molecular formula is C35H55N3O4. The Labute approximate surface area is 254 Å². The van der Waals surface area contributed by atoms with Crippen LogP contribution in [0.4, 0.5) is 0 Å². The molecule has 0 amide bonds. The molecule has 0 aliphatic heterocycles. The minimum Gasteiger partial charge on any atom is -0.493 e. The van der Waals surface area contributed by atoms with Crippen molar-refractivity contribution in [2.45, 2.75) is 120 Å². The van der Waals surface area contributed by atoms with E-state index in [0.29, 0.717) is 35.6 Å². The minimum atomic E-state index is -0.370. The van der Waals surface area contributed by atoms with Crippen molar-refractivity contribution in [3.05, 3.63) is 30.1 Å². The molecule has 7 heteroatoms. The average molecular weight is 582 g/mol. The number of hydrogen-bond donors (Lipinski definition) is 0. The van der Waals surface area contributed by atoms with Crippen LogP contribution in [0.25, 0.3) is 11.4 Å². The van der Waals surface area contributed by atoms with Crippen LogP contribution in [-0.4, -0.2) is 39.4 Å². The number of nitrogens with zero attached hydrogens (tertiary/aromatic N) is 3. The molecule has 2 aromatic rings. The third kappa shape index (κ3) is 9.15. The molecule has 3 rings (SSSR count). The van der Waals surface area contributed by atoms with Crippen LogP contribution in [0.5, 0.6) is 5.75 Å². The Hall–Kier alpha value is -2.70. The van der Waals surface area contributed by atoms with E-state index >= 15 is 0 Å². The highest BCUT2D eigenvalue weighted by Crippen LogP contribution is 2.49. The molecule has 0 bridgehead atoms. The Morgan fingerprint density at radius 3 is 2.17 bits per heavy atom. The summed E-state index contributed by atoms with van der Waals surface area (Å²) in [7, 11) is 0. The zero-order chi connectivity index (χ0) is 31.2. The van der Waals surface area contributed by atoms with Gasteiger partial charge in [-0.2, -0.15) is 4.68 Å². The van der Waals surface area contributed by atoms with Gasteiger partial charge < -0.3 is 9.47 Å². The standard InChI is InChI=1S/C35H55N3O4/c1-23(2)16-12-11-15-19-41-29-18-14-13-17-26(29)33-36-30(38(37-33)25(4)39)22-31(40)42-32-27(34(5,6)7)20-24(3)21-28(32)35(8,9)10/h13-14,17-18,23-24,27-28,32H,11-12,15-16,19-22H2,1-10H3. The third-order valence-electron chi connectivity index (χ3n) is 8.68. The van der Waals surface area contributed by atoms with E-state index in [1.54, 1.807) is 0 Å². The number of benzene rings is 1. The van der Waals surface area contributed by atoms with Crippen molar-refractivity contribution >= 4 is 11.9 Å². The summed E-state index contributed by atoms with van der Waals surface area (Å²) in [5.41, 5.74) is 0.693. The van der Waals surface area contributed by atoms with E-state index in [0.717, 1.165) is 25.7 Å². The molecule has 1 aliphatic carbocycles. The van der Waals surface area contributed by atoms with Gasteiger partial charge in [0.2, 0.25) is 5.91 Å². The van der Waals surface area contributed by atoms with Crippen LogP contribution in [-0.2, 0) is 16.0 Å². The molecule has 1 aromatic heterocycles. The van der Waals surface area contributed by atoms with Crippen molar-refractivity contribution < 1.29 is 19.1 Å². The number of aromatic nitrogens is 3. The summed E-state index contributed by atoms with van der Waals surface area (Å²) in [6.45, 7) is 22.2. The van der Waals surface area contributed by atoms with E-state index in [1.165, 1.54) is 24.4 Å². The lowest BCUT2D eigenvalue weighted by Gasteiger charge is -2.50. The van der Waals surface area contributed by atoms with Gasteiger partial charge in [-0.05, 0) is 54.1 Å². The fourth-order valence-electron chi connectivity index (χ4n) is 6.31. The molecule has 0 spiro atoms. The Bertz CT molecular complexity index is 1160. The lowest BCUT2D eigenvalue weighted by atomic mass is 9.59. The van der Waals surface area contributed by atoms with Crippen LogP contribution in [0.1, 0.15) is 118 Å². The van der Waals surface area contributed by atoms with Crippen molar-refractivity contribution in [1.29, 1.82) is 0 Å². The van der Waals surface area contributed by atoms with Crippen LogP contribution < -0.4 is 4.74 Å². The maximum Gasteiger partial charge on any atom is 0.313 e. The summed E-state index contributed by atoms with van der Waals surface area (Å²) in [5, 5.41) is 4.50. The molecule has 0 radical (unpaired) electrons. The van der Waals surface area contributed by atoms with Gasteiger partial charge in [-0.25, -0.2) is 4.98 Å². The van der Waals surface area contributed by atoms with Gasteiger partial charge in [-0.1, -0.05) is 93.7 Å². The second-order valence-corrected chi connectivity index (χ2v) is 15.0. The van der Waals surface area contributed by atoms with Crippen molar-refractivity contribution in [3.63, 3.8) is 0 Å². The van der Waals surface area contributed by atoms with E-state index in [2.05, 4.69) is 72.4 Å². The van der Waals surface area contributed by atoms with Gasteiger partial charge >= 0.3 is 5.97 Å². The monoisotopic (exact) mass is 581 g/mol. The fourth-order valence-corrected chi connectivity index (χ4v) is 6.31. The molecule has 0 saturated heterocycles. The molecule has 0 N–H and O–H groups in total. The van der Waals surface area contributed by atoms with Crippen LogP contribution in [0, 0.1) is 34.5 Å². The lowest BCUT2D eigenvalue weighted by molar-refractivity contribution is -0.168. The van der Waals surface area contributed by atoms with Gasteiger partial charge in [0.15, 0.2) is 5.82 Å². The highest BCUT2D eigenvalue weighted by molar-refractivity contribution is 5.79. The Morgan fingerprint density at radius 1 is 0.976 bits per heavy atom. The summed E-state index contributed by atoms with van der Waals surface area (Å²) in [5.74, 6) is 2.43. The Balaban J connectivity index is 1.80. The van der Waals surface area contributed by atoms with Gasteiger partial charge in [0.05, 0.1) is 12.2 Å².